The number of hydrogen-bond donors (Lipinski definition) is 1. The molecule has 0 saturated carbocycles. The van der Waals surface area contributed by atoms with Crippen LogP contribution in [0.4, 0.5) is 0 Å². The zero-order chi connectivity index (χ0) is 14.8. The lowest BCUT2D eigenvalue weighted by atomic mass is 10.2. The maximum absolute atomic E-state index is 8.21. The van der Waals surface area contributed by atoms with Crippen LogP contribution in [0.3, 0.4) is 0 Å². The van der Waals surface area contributed by atoms with Crippen LogP contribution in [-0.4, -0.2) is 15.7 Å². The van der Waals surface area contributed by atoms with Gasteiger partial charge in [0.1, 0.15) is 12.4 Å². The predicted molar refractivity (Wildman–Crippen MR) is 83.4 cm³/mol. The van der Waals surface area contributed by atoms with Gasteiger partial charge in [-0.25, -0.2) is 0 Å². The van der Waals surface area contributed by atoms with E-state index in [2.05, 4.69) is 0 Å². The van der Waals surface area contributed by atoms with Crippen LogP contribution in [0.2, 0.25) is 0 Å². The highest BCUT2D eigenvalue weighted by Gasteiger charge is 2.07. The summed E-state index contributed by atoms with van der Waals surface area (Å²) < 4.78 is 9.66. The summed E-state index contributed by atoms with van der Waals surface area (Å²) in [7, 11) is 1.92. The molecule has 0 bridgehead atoms. The van der Waals surface area contributed by atoms with Crippen molar-refractivity contribution in [2.45, 2.75) is 13.5 Å². The average Bonchev–Trinajstić information content (AvgIpc) is 2.73. The molecule has 21 heavy (non-hydrogen) atoms. The van der Waals surface area contributed by atoms with Gasteiger partial charge in [0.25, 0.3) is 0 Å². The van der Waals surface area contributed by atoms with Crippen LogP contribution >= 0.6 is 0 Å². The number of imidazole rings is 1. The number of para-hydroxylation sites is 2. The Morgan fingerprint density at radius 2 is 1.81 bits per heavy atom. The molecule has 0 aliphatic rings. The lowest BCUT2D eigenvalue weighted by molar-refractivity contribution is 0.296. The van der Waals surface area contributed by atoms with Gasteiger partial charge >= 0.3 is 0 Å². The third kappa shape index (κ3) is 2.57. The van der Waals surface area contributed by atoms with Gasteiger partial charge in [0.2, 0.25) is 5.62 Å². The quantitative estimate of drug-likeness (QED) is 0.785. The molecule has 3 rings (SSSR count). The molecule has 108 valence electrons. The predicted octanol–water partition coefficient (Wildman–Crippen LogP) is 2.85. The number of hydrogen-bond acceptors (Lipinski definition) is 2. The summed E-state index contributed by atoms with van der Waals surface area (Å²) in [6, 6.07) is 16.1. The average molecular weight is 281 g/mol. The van der Waals surface area contributed by atoms with Gasteiger partial charge in [0.05, 0.1) is 17.6 Å². The highest BCUT2D eigenvalue weighted by atomic mass is 16.5. The first-order valence-electron chi connectivity index (χ1n) is 7.05. The van der Waals surface area contributed by atoms with Crippen LogP contribution in [0.5, 0.6) is 5.75 Å². The molecule has 2 aromatic carbocycles. The van der Waals surface area contributed by atoms with Crippen LogP contribution in [0, 0.1) is 12.3 Å². The van der Waals surface area contributed by atoms with Crippen LogP contribution in [-0.2, 0) is 13.6 Å². The smallest absolute Gasteiger partial charge is 0.202 e. The number of nitrogens with zero attached hydrogens (tertiary/aromatic N) is 2. The lowest BCUT2D eigenvalue weighted by Crippen LogP contribution is -2.24. The third-order valence-electron chi connectivity index (χ3n) is 3.68. The van der Waals surface area contributed by atoms with E-state index in [9.17, 15) is 0 Å². The van der Waals surface area contributed by atoms with E-state index in [1.807, 2.05) is 71.6 Å². The lowest BCUT2D eigenvalue weighted by Gasteiger charge is -2.08. The Balaban J connectivity index is 1.80. The Bertz CT molecular complexity index is 829. The van der Waals surface area contributed by atoms with E-state index in [1.54, 1.807) is 0 Å². The van der Waals surface area contributed by atoms with E-state index in [4.69, 9.17) is 10.1 Å². The number of nitrogens with one attached hydrogen (secondary N) is 1. The summed E-state index contributed by atoms with van der Waals surface area (Å²) in [6.45, 7) is 3.26. The van der Waals surface area contributed by atoms with Gasteiger partial charge in [-0.05, 0) is 36.8 Å². The fourth-order valence-electron chi connectivity index (χ4n) is 2.57. The highest BCUT2D eigenvalue weighted by Crippen LogP contribution is 2.14. The van der Waals surface area contributed by atoms with Crippen molar-refractivity contribution < 1.29 is 4.74 Å². The monoisotopic (exact) mass is 281 g/mol. The fourth-order valence-corrected chi connectivity index (χ4v) is 2.57. The molecule has 0 unspecified atom stereocenters. The van der Waals surface area contributed by atoms with E-state index in [0.717, 1.165) is 16.8 Å². The number of fused-ring (bicyclic) bond motifs is 1. The van der Waals surface area contributed by atoms with Gasteiger partial charge in [0, 0.05) is 7.05 Å². The van der Waals surface area contributed by atoms with Crippen molar-refractivity contribution >= 4 is 11.0 Å². The van der Waals surface area contributed by atoms with Gasteiger partial charge in [-0.2, -0.15) is 0 Å². The molecule has 0 spiro atoms. The molecule has 4 nitrogen and oxygen atoms in total. The van der Waals surface area contributed by atoms with Crippen LogP contribution in [0.15, 0.2) is 48.5 Å². The fraction of sp³-hybridized carbons (Fsp3) is 0.235. The van der Waals surface area contributed by atoms with Crippen molar-refractivity contribution in [1.29, 1.82) is 5.41 Å². The summed E-state index contributed by atoms with van der Waals surface area (Å²) in [6.07, 6.45) is 0. The summed E-state index contributed by atoms with van der Waals surface area (Å²) in [4.78, 5) is 0. The number of rotatable bonds is 4. The maximum Gasteiger partial charge on any atom is 0.202 e. The molecule has 0 radical (unpaired) electrons. The third-order valence-corrected chi connectivity index (χ3v) is 3.68. The van der Waals surface area contributed by atoms with Crippen LogP contribution in [0.1, 0.15) is 5.56 Å². The molecule has 1 N–H and O–H groups in total. The number of aryl methyl sites for hydroxylation is 2. The molecular weight excluding hydrogens is 262 g/mol. The van der Waals surface area contributed by atoms with Crippen molar-refractivity contribution in [2.24, 2.45) is 7.05 Å². The Hall–Kier alpha value is -2.49. The van der Waals surface area contributed by atoms with E-state index >= 15 is 0 Å². The van der Waals surface area contributed by atoms with Gasteiger partial charge in [-0.15, -0.1) is 0 Å². The summed E-state index contributed by atoms with van der Waals surface area (Å²) in [5, 5.41) is 8.21. The topological polar surface area (TPSA) is 42.9 Å². The van der Waals surface area contributed by atoms with E-state index in [1.165, 1.54) is 5.56 Å². The molecule has 3 aromatic rings. The van der Waals surface area contributed by atoms with Crippen molar-refractivity contribution in [3.8, 4) is 5.75 Å². The van der Waals surface area contributed by atoms with Gasteiger partial charge in [-0.3, -0.25) is 5.41 Å². The maximum atomic E-state index is 8.21. The first-order chi connectivity index (χ1) is 10.2. The Kier molecular flexibility index (Phi) is 3.52. The highest BCUT2D eigenvalue weighted by molar-refractivity contribution is 5.75. The summed E-state index contributed by atoms with van der Waals surface area (Å²) in [5.74, 6) is 0.877. The minimum absolute atomic E-state index is 0.490. The second-order valence-electron chi connectivity index (χ2n) is 5.19. The number of ether oxygens (including phenoxy) is 1. The first kappa shape index (κ1) is 13.5. The SMILES string of the molecule is Cc1cccc(OCCn2c(=N)n(C)c3ccccc32)c1. The zero-order valence-corrected chi connectivity index (χ0v) is 12.3. The standard InChI is InChI=1S/C17H19N3O/c1-13-6-5-7-14(12-13)21-11-10-20-16-9-4-3-8-15(16)19(2)17(20)18/h3-9,12,18H,10-11H2,1-2H3. The van der Waals surface area contributed by atoms with Crippen molar-refractivity contribution in [2.75, 3.05) is 6.61 Å². The number of benzene rings is 2. The number of aromatic nitrogens is 2. The van der Waals surface area contributed by atoms with Crippen molar-refractivity contribution in [3.63, 3.8) is 0 Å². The molecule has 1 aromatic heterocycles. The molecule has 4 heteroatoms. The Morgan fingerprint density at radius 3 is 2.57 bits per heavy atom. The van der Waals surface area contributed by atoms with E-state index < -0.39 is 0 Å². The minimum atomic E-state index is 0.490. The molecule has 0 saturated heterocycles. The van der Waals surface area contributed by atoms with Crippen LogP contribution < -0.4 is 10.4 Å². The molecule has 0 amide bonds. The molecule has 0 aliphatic carbocycles. The Morgan fingerprint density at radius 1 is 1.05 bits per heavy atom. The molecular formula is C17H19N3O. The van der Waals surface area contributed by atoms with Gasteiger partial charge in [0.15, 0.2) is 0 Å². The largest absolute Gasteiger partial charge is 0.492 e. The molecule has 0 aliphatic heterocycles. The first-order valence-corrected chi connectivity index (χ1v) is 7.05. The van der Waals surface area contributed by atoms with Crippen molar-refractivity contribution in [3.05, 3.63) is 59.7 Å². The normalized spacial score (nSPS) is 11.0. The van der Waals surface area contributed by atoms with Gasteiger partial charge in [-0.1, -0.05) is 24.3 Å². The molecule has 0 atom stereocenters. The van der Waals surface area contributed by atoms with Gasteiger partial charge < -0.3 is 13.9 Å². The summed E-state index contributed by atoms with van der Waals surface area (Å²) >= 11 is 0. The zero-order valence-electron chi connectivity index (χ0n) is 12.3. The van der Waals surface area contributed by atoms with E-state index in [-0.39, 0.29) is 0 Å². The molecule has 1 heterocycles. The Labute approximate surface area is 123 Å². The van der Waals surface area contributed by atoms with E-state index in [0.29, 0.717) is 18.8 Å². The summed E-state index contributed by atoms with van der Waals surface area (Å²) in [5.41, 5.74) is 3.81. The van der Waals surface area contributed by atoms with Crippen molar-refractivity contribution in [1.82, 2.24) is 9.13 Å². The molecule has 0 fully saturated rings. The second-order valence-corrected chi connectivity index (χ2v) is 5.19. The second kappa shape index (κ2) is 5.48. The minimum Gasteiger partial charge on any atom is -0.492 e. The van der Waals surface area contributed by atoms with Crippen LogP contribution in [0.25, 0.3) is 11.0 Å².